The van der Waals surface area contributed by atoms with Crippen LogP contribution < -0.4 is 5.32 Å². The number of aromatic hydroxyl groups is 1. The Kier molecular flexibility index (Phi) is 4.47. The van der Waals surface area contributed by atoms with Gasteiger partial charge in [-0.25, -0.2) is 0 Å². The molecule has 2 rings (SSSR count). The molecule has 1 fully saturated rings. The fourth-order valence-corrected chi connectivity index (χ4v) is 3.20. The van der Waals surface area contributed by atoms with Gasteiger partial charge >= 0.3 is 0 Å². The van der Waals surface area contributed by atoms with Crippen LogP contribution >= 0.6 is 31.9 Å². The number of piperazine rings is 1. The van der Waals surface area contributed by atoms with E-state index in [0.29, 0.717) is 5.75 Å². The maximum atomic E-state index is 10.2. The second-order valence-corrected chi connectivity index (χ2v) is 5.96. The predicted octanol–water partition coefficient (Wildman–Crippen LogP) is 2.88. The van der Waals surface area contributed by atoms with Crippen molar-refractivity contribution in [2.75, 3.05) is 26.2 Å². The molecule has 0 aromatic heterocycles. The van der Waals surface area contributed by atoms with Crippen LogP contribution in [0.25, 0.3) is 0 Å². The monoisotopic (exact) mass is 362 g/mol. The molecule has 1 aliphatic heterocycles. The molecule has 3 nitrogen and oxygen atoms in total. The van der Waals surface area contributed by atoms with Gasteiger partial charge in [0.05, 0.1) is 4.47 Å². The number of benzene rings is 1. The third-order valence-electron chi connectivity index (χ3n) is 3.23. The average Bonchev–Trinajstić information content (AvgIpc) is 2.35. The summed E-state index contributed by atoms with van der Waals surface area (Å²) in [6, 6.07) is 4.04. The van der Waals surface area contributed by atoms with Gasteiger partial charge in [0, 0.05) is 42.3 Å². The molecule has 1 atom stereocenters. The van der Waals surface area contributed by atoms with Gasteiger partial charge in [-0.05, 0) is 35.0 Å². The van der Waals surface area contributed by atoms with Crippen molar-refractivity contribution in [3.63, 3.8) is 0 Å². The van der Waals surface area contributed by atoms with Crippen molar-refractivity contribution in [3.8, 4) is 5.75 Å². The Balaban J connectivity index is 2.29. The van der Waals surface area contributed by atoms with Crippen LogP contribution in [0.3, 0.4) is 0 Å². The number of phenolic OH excluding ortho intramolecular Hbond substituents is 1. The van der Waals surface area contributed by atoms with Crippen molar-refractivity contribution in [2.45, 2.75) is 13.0 Å². The lowest BCUT2D eigenvalue weighted by Crippen LogP contribution is -2.44. The summed E-state index contributed by atoms with van der Waals surface area (Å²) in [6.07, 6.45) is 0. The quantitative estimate of drug-likeness (QED) is 0.848. The zero-order chi connectivity index (χ0) is 12.4. The summed E-state index contributed by atoms with van der Waals surface area (Å²) in [5, 5.41) is 13.5. The van der Waals surface area contributed by atoms with Gasteiger partial charge in [-0.3, -0.25) is 4.90 Å². The van der Waals surface area contributed by atoms with Gasteiger partial charge < -0.3 is 10.4 Å². The molecule has 1 saturated heterocycles. The number of phenols is 1. The molecule has 0 bridgehead atoms. The molecular weight excluding hydrogens is 348 g/mol. The summed E-state index contributed by atoms with van der Waals surface area (Å²) in [6.45, 7) is 6.18. The highest BCUT2D eigenvalue weighted by atomic mass is 79.9. The van der Waals surface area contributed by atoms with E-state index < -0.39 is 0 Å². The molecule has 1 heterocycles. The van der Waals surface area contributed by atoms with Crippen LogP contribution in [0.15, 0.2) is 21.1 Å². The van der Waals surface area contributed by atoms with Crippen LogP contribution in [-0.4, -0.2) is 36.2 Å². The van der Waals surface area contributed by atoms with Gasteiger partial charge in [0.15, 0.2) is 0 Å². The largest absolute Gasteiger partial charge is 0.506 e. The lowest BCUT2D eigenvalue weighted by molar-refractivity contribution is 0.182. The van der Waals surface area contributed by atoms with Crippen LogP contribution in [0.4, 0.5) is 0 Å². The number of hydrogen-bond donors (Lipinski definition) is 2. The number of nitrogens with one attached hydrogen (secondary N) is 1. The van der Waals surface area contributed by atoms with Gasteiger partial charge in [0.1, 0.15) is 5.75 Å². The Bertz CT molecular complexity index is 406. The number of rotatable bonds is 2. The van der Waals surface area contributed by atoms with Crippen molar-refractivity contribution < 1.29 is 5.11 Å². The van der Waals surface area contributed by atoms with Crippen LogP contribution in [0, 0.1) is 0 Å². The van der Waals surface area contributed by atoms with Crippen molar-refractivity contribution >= 4 is 31.9 Å². The lowest BCUT2D eigenvalue weighted by atomic mass is 10.1. The molecule has 2 N–H and O–H groups in total. The summed E-state index contributed by atoms with van der Waals surface area (Å²) in [5.41, 5.74) is 0.960. The Morgan fingerprint density at radius 1 is 1.24 bits per heavy atom. The highest BCUT2D eigenvalue weighted by Gasteiger charge is 2.23. The lowest BCUT2D eigenvalue weighted by Gasteiger charge is -2.33. The van der Waals surface area contributed by atoms with Crippen molar-refractivity contribution in [2.24, 2.45) is 0 Å². The maximum Gasteiger partial charge on any atom is 0.135 e. The minimum atomic E-state index is 0.212. The van der Waals surface area contributed by atoms with Crippen molar-refractivity contribution in [3.05, 3.63) is 26.6 Å². The summed E-state index contributed by atoms with van der Waals surface area (Å²) in [4.78, 5) is 2.38. The van der Waals surface area contributed by atoms with E-state index in [2.05, 4.69) is 49.0 Å². The van der Waals surface area contributed by atoms with Gasteiger partial charge in [-0.1, -0.05) is 15.9 Å². The SMILES string of the molecule is C[C@H](c1c(Br)ccc(Br)c1O)N1CCNCC1. The molecule has 0 saturated carbocycles. The van der Waals surface area contributed by atoms with E-state index in [0.717, 1.165) is 40.7 Å². The number of halogens is 2. The van der Waals surface area contributed by atoms with Crippen molar-refractivity contribution in [1.29, 1.82) is 0 Å². The first kappa shape index (κ1) is 13.3. The zero-order valence-corrected chi connectivity index (χ0v) is 12.9. The van der Waals surface area contributed by atoms with E-state index in [1.165, 1.54) is 0 Å². The number of hydrogen-bond acceptors (Lipinski definition) is 3. The normalized spacial score (nSPS) is 19.2. The first-order valence-electron chi connectivity index (χ1n) is 5.73. The second kappa shape index (κ2) is 5.69. The molecule has 0 aliphatic carbocycles. The predicted molar refractivity (Wildman–Crippen MR) is 76.4 cm³/mol. The average molecular weight is 364 g/mol. The summed E-state index contributed by atoms with van der Waals surface area (Å²) in [7, 11) is 0. The molecule has 1 aromatic carbocycles. The van der Waals surface area contributed by atoms with E-state index in [9.17, 15) is 5.11 Å². The smallest absolute Gasteiger partial charge is 0.135 e. The Morgan fingerprint density at radius 2 is 1.82 bits per heavy atom. The maximum absolute atomic E-state index is 10.2. The van der Waals surface area contributed by atoms with Crippen LogP contribution in [0.5, 0.6) is 5.75 Å². The van der Waals surface area contributed by atoms with Gasteiger partial charge in [0.2, 0.25) is 0 Å². The van der Waals surface area contributed by atoms with E-state index in [4.69, 9.17) is 0 Å². The summed E-state index contributed by atoms with van der Waals surface area (Å²) < 4.78 is 1.71. The van der Waals surface area contributed by atoms with Crippen molar-refractivity contribution in [1.82, 2.24) is 10.2 Å². The summed E-state index contributed by atoms with van der Waals surface area (Å²) >= 11 is 6.90. The van der Waals surface area contributed by atoms with Gasteiger partial charge in [0.25, 0.3) is 0 Å². The minimum Gasteiger partial charge on any atom is -0.506 e. The Morgan fingerprint density at radius 3 is 2.47 bits per heavy atom. The highest BCUT2D eigenvalue weighted by Crippen LogP contribution is 2.39. The zero-order valence-electron chi connectivity index (χ0n) is 9.71. The van der Waals surface area contributed by atoms with Gasteiger partial charge in [-0.2, -0.15) is 0 Å². The van der Waals surface area contributed by atoms with E-state index in [-0.39, 0.29) is 6.04 Å². The Labute approximate surface area is 118 Å². The molecule has 17 heavy (non-hydrogen) atoms. The molecule has 0 amide bonds. The summed E-state index contributed by atoms with van der Waals surface area (Å²) in [5.74, 6) is 0.338. The molecule has 0 spiro atoms. The molecular formula is C12H16Br2N2O. The topological polar surface area (TPSA) is 35.5 Å². The first-order chi connectivity index (χ1) is 8.11. The van der Waals surface area contributed by atoms with E-state index in [1.54, 1.807) is 0 Å². The third kappa shape index (κ3) is 2.84. The third-order valence-corrected chi connectivity index (χ3v) is 4.56. The van der Waals surface area contributed by atoms with Crippen LogP contribution in [-0.2, 0) is 0 Å². The second-order valence-electron chi connectivity index (χ2n) is 4.25. The molecule has 0 unspecified atom stereocenters. The highest BCUT2D eigenvalue weighted by molar-refractivity contribution is 9.11. The molecule has 1 aliphatic rings. The Hall–Kier alpha value is -0.100. The van der Waals surface area contributed by atoms with Crippen LogP contribution in [0.1, 0.15) is 18.5 Å². The molecule has 1 aromatic rings. The minimum absolute atomic E-state index is 0.212. The molecule has 0 radical (unpaired) electrons. The fourth-order valence-electron chi connectivity index (χ4n) is 2.21. The fraction of sp³-hybridized carbons (Fsp3) is 0.500. The van der Waals surface area contributed by atoms with E-state index in [1.807, 2.05) is 12.1 Å². The first-order valence-corrected chi connectivity index (χ1v) is 7.31. The molecule has 5 heteroatoms. The number of nitrogens with zero attached hydrogens (tertiary/aromatic N) is 1. The van der Waals surface area contributed by atoms with E-state index >= 15 is 0 Å². The van der Waals surface area contributed by atoms with Crippen LogP contribution in [0.2, 0.25) is 0 Å². The standard InChI is InChI=1S/C12H16Br2N2O/c1-8(16-6-4-15-5-7-16)11-9(13)2-3-10(14)12(11)17/h2-3,8,15,17H,4-7H2,1H3/t8-/m1/s1. The molecule has 94 valence electrons. The van der Waals surface area contributed by atoms with Gasteiger partial charge in [-0.15, -0.1) is 0 Å².